The zero-order valence-corrected chi connectivity index (χ0v) is 11.9. The maximum atomic E-state index is 11.5. The molecule has 100 valence electrons. The van der Waals surface area contributed by atoms with Crippen molar-refractivity contribution in [2.24, 2.45) is 0 Å². The lowest BCUT2D eigenvalue weighted by molar-refractivity contribution is -0.143. The minimum Gasteiger partial charge on any atom is -0.465 e. The molecule has 0 bridgehead atoms. The van der Waals surface area contributed by atoms with Crippen molar-refractivity contribution in [3.8, 4) is 0 Å². The second-order valence-corrected chi connectivity index (χ2v) is 4.77. The predicted molar refractivity (Wildman–Crippen MR) is 73.8 cm³/mol. The molecule has 1 aromatic carbocycles. The fourth-order valence-corrected chi connectivity index (χ4v) is 1.98. The van der Waals surface area contributed by atoms with Gasteiger partial charge in [-0.15, -0.1) is 11.6 Å². The monoisotopic (exact) mass is 269 g/mol. The number of rotatable bonds is 6. The van der Waals surface area contributed by atoms with Gasteiger partial charge in [-0.1, -0.05) is 30.3 Å². The average molecular weight is 270 g/mol. The molecule has 2 atom stereocenters. The Hall–Kier alpha value is -1.06. The van der Waals surface area contributed by atoms with Crippen LogP contribution >= 0.6 is 11.6 Å². The first kappa shape index (κ1) is 15.0. The van der Waals surface area contributed by atoms with E-state index in [1.165, 1.54) is 5.56 Å². The van der Waals surface area contributed by atoms with E-state index in [1.807, 2.05) is 30.1 Å². The highest BCUT2D eigenvalue weighted by atomic mass is 35.5. The molecule has 0 fully saturated rings. The molecule has 0 N–H and O–H groups in total. The molecule has 0 heterocycles. The van der Waals surface area contributed by atoms with E-state index in [2.05, 4.69) is 19.1 Å². The van der Waals surface area contributed by atoms with Crippen LogP contribution < -0.4 is 0 Å². The van der Waals surface area contributed by atoms with E-state index in [0.717, 1.165) is 0 Å². The van der Waals surface area contributed by atoms with Gasteiger partial charge < -0.3 is 4.74 Å². The standard InChI is InChI=1S/C14H20ClNO2/c1-4-18-14(17)13(15)10-16(3)11(2)12-8-6-5-7-9-12/h5-9,11,13H,4,10H2,1-3H3/t11-,13+/m1/s1. The van der Waals surface area contributed by atoms with Crippen LogP contribution in [0.4, 0.5) is 0 Å². The van der Waals surface area contributed by atoms with Gasteiger partial charge in [-0.3, -0.25) is 9.69 Å². The Morgan fingerprint density at radius 1 is 1.39 bits per heavy atom. The summed E-state index contributed by atoms with van der Waals surface area (Å²) in [7, 11) is 1.95. The third kappa shape index (κ3) is 4.31. The third-order valence-electron chi connectivity index (χ3n) is 2.93. The molecule has 0 amide bonds. The van der Waals surface area contributed by atoms with Crippen LogP contribution in [0.5, 0.6) is 0 Å². The minimum atomic E-state index is -0.624. The molecule has 1 aromatic rings. The Labute approximate surface area is 114 Å². The van der Waals surface area contributed by atoms with Crippen molar-refractivity contribution >= 4 is 17.6 Å². The molecular formula is C14H20ClNO2. The SMILES string of the molecule is CCOC(=O)[C@@H](Cl)CN(C)[C@H](C)c1ccccc1. The lowest BCUT2D eigenvalue weighted by Gasteiger charge is -2.26. The van der Waals surface area contributed by atoms with Gasteiger partial charge in [-0.25, -0.2) is 0 Å². The van der Waals surface area contributed by atoms with Crippen molar-refractivity contribution in [3.63, 3.8) is 0 Å². The molecule has 0 aliphatic carbocycles. The molecule has 0 aromatic heterocycles. The van der Waals surface area contributed by atoms with Gasteiger partial charge in [0, 0.05) is 12.6 Å². The molecule has 0 unspecified atom stereocenters. The Balaban J connectivity index is 2.55. The zero-order chi connectivity index (χ0) is 13.5. The van der Waals surface area contributed by atoms with E-state index >= 15 is 0 Å². The molecule has 18 heavy (non-hydrogen) atoms. The molecule has 3 nitrogen and oxygen atoms in total. The normalized spacial score (nSPS) is 14.3. The second-order valence-electron chi connectivity index (χ2n) is 4.25. The van der Waals surface area contributed by atoms with Gasteiger partial charge in [-0.2, -0.15) is 0 Å². The maximum absolute atomic E-state index is 11.5. The summed E-state index contributed by atoms with van der Waals surface area (Å²) in [4.78, 5) is 13.5. The van der Waals surface area contributed by atoms with Gasteiger partial charge in [-0.05, 0) is 26.5 Å². The van der Waals surface area contributed by atoms with E-state index in [-0.39, 0.29) is 12.0 Å². The number of hydrogen-bond donors (Lipinski definition) is 0. The molecule has 0 saturated heterocycles. The maximum Gasteiger partial charge on any atom is 0.325 e. The fourth-order valence-electron chi connectivity index (χ4n) is 1.70. The first-order valence-corrected chi connectivity index (χ1v) is 6.55. The van der Waals surface area contributed by atoms with Crippen LogP contribution in [-0.2, 0) is 9.53 Å². The number of nitrogens with zero attached hydrogens (tertiary/aromatic N) is 1. The summed E-state index contributed by atoms with van der Waals surface area (Å²) in [5, 5.41) is -0.624. The molecule has 1 rings (SSSR count). The molecule has 0 spiro atoms. The van der Waals surface area contributed by atoms with Crippen LogP contribution in [0, 0.1) is 0 Å². The number of alkyl halides is 1. The Morgan fingerprint density at radius 3 is 2.56 bits per heavy atom. The van der Waals surface area contributed by atoms with Gasteiger partial charge in [0.25, 0.3) is 0 Å². The van der Waals surface area contributed by atoms with E-state index in [0.29, 0.717) is 13.2 Å². The van der Waals surface area contributed by atoms with Crippen LogP contribution in [0.25, 0.3) is 0 Å². The Kier molecular flexibility index (Phi) is 6.16. The summed E-state index contributed by atoms with van der Waals surface area (Å²) < 4.78 is 4.89. The number of hydrogen-bond acceptors (Lipinski definition) is 3. The summed E-state index contributed by atoms with van der Waals surface area (Å²) >= 11 is 6.02. The van der Waals surface area contributed by atoms with Crippen molar-refractivity contribution < 1.29 is 9.53 Å². The molecule has 0 aliphatic heterocycles. The van der Waals surface area contributed by atoms with Crippen molar-refractivity contribution in [1.29, 1.82) is 0 Å². The first-order chi connectivity index (χ1) is 8.56. The fraction of sp³-hybridized carbons (Fsp3) is 0.500. The van der Waals surface area contributed by atoms with Crippen molar-refractivity contribution in [3.05, 3.63) is 35.9 Å². The van der Waals surface area contributed by atoms with Gasteiger partial charge in [0.15, 0.2) is 0 Å². The highest BCUT2D eigenvalue weighted by molar-refractivity contribution is 6.30. The Morgan fingerprint density at radius 2 is 2.00 bits per heavy atom. The van der Waals surface area contributed by atoms with Crippen LogP contribution in [0.2, 0.25) is 0 Å². The quantitative estimate of drug-likeness (QED) is 0.588. The summed E-state index contributed by atoms with van der Waals surface area (Å²) in [6.07, 6.45) is 0. The van der Waals surface area contributed by atoms with Gasteiger partial charge in [0.1, 0.15) is 5.38 Å². The number of halogens is 1. The number of ether oxygens (including phenoxy) is 1. The topological polar surface area (TPSA) is 29.5 Å². The lowest BCUT2D eigenvalue weighted by atomic mass is 10.1. The lowest BCUT2D eigenvalue weighted by Crippen LogP contribution is -2.34. The minimum absolute atomic E-state index is 0.210. The van der Waals surface area contributed by atoms with Gasteiger partial charge >= 0.3 is 5.97 Å². The largest absolute Gasteiger partial charge is 0.465 e. The Bertz CT molecular complexity index is 369. The van der Waals surface area contributed by atoms with Gasteiger partial charge in [0.2, 0.25) is 0 Å². The van der Waals surface area contributed by atoms with E-state index in [4.69, 9.17) is 16.3 Å². The highest BCUT2D eigenvalue weighted by Crippen LogP contribution is 2.19. The molecule has 0 radical (unpaired) electrons. The van der Waals surface area contributed by atoms with Crippen LogP contribution in [0.3, 0.4) is 0 Å². The number of carbonyl (C=O) groups excluding carboxylic acids is 1. The van der Waals surface area contributed by atoms with Crippen molar-refractivity contribution in [2.75, 3.05) is 20.2 Å². The van der Waals surface area contributed by atoms with Crippen LogP contribution in [0.15, 0.2) is 30.3 Å². The molecule has 0 saturated carbocycles. The van der Waals surface area contributed by atoms with Crippen LogP contribution in [-0.4, -0.2) is 36.4 Å². The second kappa shape index (κ2) is 7.39. The summed E-state index contributed by atoms with van der Waals surface area (Å²) in [6.45, 7) is 4.69. The highest BCUT2D eigenvalue weighted by Gasteiger charge is 2.21. The average Bonchev–Trinajstić information content (AvgIpc) is 2.39. The first-order valence-electron chi connectivity index (χ1n) is 6.12. The number of esters is 1. The predicted octanol–water partition coefficient (Wildman–Crippen LogP) is 2.85. The zero-order valence-electron chi connectivity index (χ0n) is 11.1. The number of carbonyl (C=O) groups is 1. The van der Waals surface area contributed by atoms with E-state index in [1.54, 1.807) is 6.92 Å². The summed E-state index contributed by atoms with van der Waals surface area (Å²) in [6, 6.07) is 10.3. The van der Waals surface area contributed by atoms with E-state index < -0.39 is 5.38 Å². The third-order valence-corrected chi connectivity index (χ3v) is 3.25. The molecule has 0 aliphatic rings. The number of benzene rings is 1. The molecular weight excluding hydrogens is 250 g/mol. The summed E-state index contributed by atoms with van der Waals surface area (Å²) in [5.74, 6) is -0.355. The van der Waals surface area contributed by atoms with Gasteiger partial charge in [0.05, 0.1) is 6.61 Å². The summed E-state index contributed by atoms with van der Waals surface area (Å²) in [5.41, 5.74) is 1.20. The van der Waals surface area contributed by atoms with Crippen LogP contribution in [0.1, 0.15) is 25.5 Å². The van der Waals surface area contributed by atoms with E-state index in [9.17, 15) is 4.79 Å². The van der Waals surface area contributed by atoms with Crippen molar-refractivity contribution in [2.45, 2.75) is 25.3 Å². The molecule has 4 heteroatoms. The smallest absolute Gasteiger partial charge is 0.325 e. The van der Waals surface area contributed by atoms with Crippen molar-refractivity contribution in [1.82, 2.24) is 4.90 Å².